The van der Waals surface area contributed by atoms with Gasteiger partial charge in [0.2, 0.25) is 0 Å². The van der Waals surface area contributed by atoms with Crippen LogP contribution < -0.4 is 5.32 Å². The van der Waals surface area contributed by atoms with Crippen molar-refractivity contribution in [2.45, 2.75) is 51.6 Å². The Labute approximate surface area is 189 Å². The first-order valence-corrected chi connectivity index (χ1v) is 10.8. The number of ether oxygens (including phenoxy) is 2. The zero-order chi connectivity index (χ0) is 22.8. The van der Waals surface area contributed by atoms with Gasteiger partial charge in [0, 0.05) is 28.7 Å². The Kier molecular flexibility index (Phi) is 6.32. The topological polar surface area (TPSA) is 82.5 Å². The van der Waals surface area contributed by atoms with Crippen LogP contribution >= 0.6 is 11.6 Å². The molecule has 0 bridgehead atoms. The third-order valence-electron chi connectivity index (χ3n) is 5.72. The van der Waals surface area contributed by atoms with E-state index in [0.717, 1.165) is 25.7 Å². The van der Waals surface area contributed by atoms with Gasteiger partial charge in [-0.1, -0.05) is 17.7 Å². The molecule has 1 aliphatic heterocycles. The third kappa shape index (κ3) is 4.27. The molecule has 1 unspecified atom stereocenters. The number of imidazole rings is 1. The lowest BCUT2D eigenvalue weighted by Gasteiger charge is -2.31. The maximum absolute atomic E-state index is 15.1. The van der Waals surface area contributed by atoms with Crippen LogP contribution in [0.2, 0.25) is 5.02 Å². The number of hydrogen-bond acceptors (Lipinski definition) is 6. The predicted octanol–water partition coefficient (Wildman–Crippen LogP) is 5.30. The Bertz CT molecular complexity index is 1080. The van der Waals surface area contributed by atoms with Crippen LogP contribution in [0.1, 0.15) is 55.8 Å². The minimum Gasteiger partial charge on any atom is -0.431 e. The van der Waals surface area contributed by atoms with Gasteiger partial charge in [0.25, 0.3) is 5.91 Å². The number of aromatic nitrogens is 2. The molecule has 1 aromatic carbocycles. The first kappa shape index (κ1) is 22.1. The minimum absolute atomic E-state index is 0.0431. The highest BCUT2D eigenvalue weighted by Crippen LogP contribution is 2.43. The standard InChI is InChI=1S/C23H23ClFN3O4/c1-13-18(22(29)28-11-10-26-12-28)20(19-16(24)8-5-9-17(19)25)21(14(2)27-13)32-23(30)31-15-6-3-4-7-15/h5,8-12,15,20,27H,3-4,6-7H2,1-2H3. The maximum Gasteiger partial charge on any atom is 0.513 e. The predicted molar refractivity (Wildman–Crippen MR) is 115 cm³/mol. The van der Waals surface area contributed by atoms with Gasteiger partial charge in [0.05, 0.1) is 17.2 Å². The molecule has 1 aliphatic carbocycles. The first-order chi connectivity index (χ1) is 15.4. The number of rotatable bonds is 4. The second kappa shape index (κ2) is 9.16. The highest BCUT2D eigenvalue weighted by molar-refractivity contribution is 6.31. The summed E-state index contributed by atoms with van der Waals surface area (Å²) in [7, 11) is 0. The number of nitrogens with zero attached hydrogens (tertiary/aromatic N) is 2. The molecule has 0 spiro atoms. The van der Waals surface area contributed by atoms with E-state index in [2.05, 4.69) is 10.3 Å². The average molecular weight is 460 g/mol. The highest BCUT2D eigenvalue weighted by Gasteiger charge is 2.39. The maximum atomic E-state index is 15.1. The normalized spacial score (nSPS) is 19.2. The second-order valence-electron chi connectivity index (χ2n) is 7.87. The molecule has 32 heavy (non-hydrogen) atoms. The number of dihydropyridines is 1. The first-order valence-electron chi connectivity index (χ1n) is 10.4. The number of hydrogen-bond donors (Lipinski definition) is 1. The van der Waals surface area contributed by atoms with Crippen molar-refractivity contribution in [3.8, 4) is 0 Å². The van der Waals surface area contributed by atoms with Crippen molar-refractivity contribution in [1.82, 2.24) is 14.9 Å². The van der Waals surface area contributed by atoms with Crippen molar-refractivity contribution >= 4 is 23.7 Å². The molecule has 1 atom stereocenters. The largest absolute Gasteiger partial charge is 0.513 e. The Hall–Kier alpha value is -3.13. The van der Waals surface area contributed by atoms with Crippen LogP contribution in [0.5, 0.6) is 0 Å². The number of halogens is 2. The Morgan fingerprint density at radius 2 is 1.97 bits per heavy atom. The van der Waals surface area contributed by atoms with Crippen LogP contribution in [0.15, 0.2) is 59.6 Å². The molecule has 2 heterocycles. The molecule has 0 saturated heterocycles. The van der Waals surface area contributed by atoms with Crippen LogP contribution in [0.3, 0.4) is 0 Å². The lowest BCUT2D eigenvalue weighted by molar-refractivity contribution is 0.0395. The lowest BCUT2D eigenvalue weighted by Crippen LogP contribution is -2.32. The Morgan fingerprint density at radius 1 is 1.22 bits per heavy atom. The summed E-state index contributed by atoms with van der Waals surface area (Å²) in [4.78, 5) is 29.9. The number of nitrogens with one attached hydrogen (secondary N) is 1. The molecular formula is C23H23ClFN3O4. The molecule has 2 aromatic rings. The summed E-state index contributed by atoms with van der Waals surface area (Å²) in [6.07, 6.45) is 6.73. The van der Waals surface area contributed by atoms with E-state index in [9.17, 15) is 9.59 Å². The molecule has 1 fully saturated rings. The number of carbonyl (C=O) groups excluding carboxylic acids is 2. The summed E-state index contributed by atoms with van der Waals surface area (Å²) in [5, 5.41) is 3.18. The molecule has 9 heteroatoms. The summed E-state index contributed by atoms with van der Waals surface area (Å²) in [5.74, 6) is -2.06. The lowest BCUT2D eigenvalue weighted by atomic mass is 9.84. The quantitative estimate of drug-likeness (QED) is 0.624. The van der Waals surface area contributed by atoms with E-state index < -0.39 is 23.8 Å². The monoisotopic (exact) mass is 459 g/mol. The fourth-order valence-electron chi connectivity index (χ4n) is 4.23. The summed E-state index contributed by atoms with van der Waals surface area (Å²) < 4.78 is 27.4. The number of carbonyl (C=O) groups is 2. The SMILES string of the molecule is CC1=C(OC(=O)OC2CCCC2)C(c2c(F)cccc2Cl)C(C(=O)n2ccnc2)=C(C)N1. The van der Waals surface area contributed by atoms with Gasteiger partial charge in [-0.25, -0.2) is 14.2 Å². The van der Waals surface area contributed by atoms with E-state index >= 15 is 4.39 Å². The molecule has 7 nitrogen and oxygen atoms in total. The van der Waals surface area contributed by atoms with E-state index in [1.807, 2.05) is 0 Å². The smallest absolute Gasteiger partial charge is 0.431 e. The third-order valence-corrected chi connectivity index (χ3v) is 6.05. The van der Waals surface area contributed by atoms with Gasteiger partial charge in [0.1, 0.15) is 24.0 Å². The van der Waals surface area contributed by atoms with Crippen molar-refractivity contribution < 1.29 is 23.5 Å². The van der Waals surface area contributed by atoms with Crippen molar-refractivity contribution in [3.05, 3.63) is 76.0 Å². The number of benzene rings is 1. The zero-order valence-electron chi connectivity index (χ0n) is 17.7. The minimum atomic E-state index is -1.06. The van der Waals surface area contributed by atoms with Gasteiger partial charge in [-0.05, 0) is 51.7 Å². The van der Waals surface area contributed by atoms with Gasteiger partial charge in [-0.2, -0.15) is 0 Å². The van der Waals surface area contributed by atoms with E-state index in [-0.39, 0.29) is 28.0 Å². The summed E-state index contributed by atoms with van der Waals surface area (Å²) in [6.45, 7) is 3.38. The molecular weight excluding hydrogens is 437 g/mol. The van der Waals surface area contributed by atoms with Gasteiger partial charge in [-0.15, -0.1) is 0 Å². The summed E-state index contributed by atoms with van der Waals surface area (Å²) >= 11 is 6.38. The van der Waals surface area contributed by atoms with Crippen LogP contribution in [0, 0.1) is 5.82 Å². The molecule has 0 radical (unpaired) electrons. The molecule has 1 saturated carbocycles. The second-order valence-corrected chi connectivity index (χ2v) is 8.28. The summed E-state index contributed by atoms with van der Waals surface area (Å²) in [6, 6.07) is 4.25. The van der Waals surface area contributed by atoms with Crippen molar-refractivity contribution in [1.29, 1.82) is 0 Å². The van der Waals surface area contributed by atoms with Crippen LogP contribution in [0.4, 0.5) is 9.18 Å². The molecule has 2 aliphatic rings. The van der Waals surface area contributed by atoms with E-state index in [0.29, 0.717) is 11.4 Å². The van der Waals surface area contributed by atoms with Crippen LogP contribution in [-0.4, -0.2) is 27.7 Å². The fourth-order valence-corrected chi connectivity index (χ4v) is 4.50. The van der Waals surface area contributed by atoms with E-state index in [4.69, 9.17) is 21.1 Å². The molecule has 168 valence electrons. The van der Waals surface area contributed by atoms with Crippen LogP contribution in [0.25, 0.3) is 0 Å². The van der Waals surface area contributed by atoms with Gasteiger partial charge in [0.15, 0.2) is 0 Å². The van der Waals surface area contributed by atoms with Gasteiger partial charge < -0.3 is 14.8 Å². The molecule has 1 N–H and O–H groups in total. The van der Waals surface area contributed by atoms with Crippen molar-refractivity contribution in [3.63, 3.8) is 0 Å². The average Bonchev–Trinajstić information content (AvgIpc) is 3.44. The van der Waals surface area contributed by atoms with Crippen LogP contribution in [-0.2, 0) is 9.47 Å². The van der Waals surface area contributed by atoms with E-state index in [1.165, 1.54) is 41.5 Å². The van der Waals surface area contributed by atoms with Gasteiger partial charge in [-0.3, -0.25) is 9.36 Å². The molecule has 0 amide bonds. The molecule has 4 rings (SSSR count). The Morgan fingerprint density at radius 3 is 2.62 bits per heavy atom. The fraction of sp³-hybridized carbons (Fsp3) is 0.348. The number of allylic oxidation sites excluding steroid dienone is 3. The van der Waals surface area contributed by atoms with Crippen molar-refractivity contribution in [2.75, 3.05) is 0 Å². The van der Waals surface area contributed by atoms with Gasteiger partial charge >= 0.3 is 6.16 Å². The molecule has 1 aromatic heterocycles. The van der Waals surface area contributed by atoms with E-state index in [1.54, 1.807) is 13.8 Å². The zero-order valence-corrected chi connectivity index (χ0v) is 18.5. The highest BCUT2D eigenvalue weighted by atomic mass is 35.5. The Balaban J connectivity index is 1.77. The van der Waals surface area contributed by atoms with Crippen molar-refractivity contribution in [2.24, 2.45) is 0 Å². The summed E-state index contributed by atoms with van der Waals surface area (Å²) in [5.41, 5.74) is 1.17.